The maximum Gasteiger partial charge on any atom is 0.252 e. The van der Waals surface area contributed by atoms with Gasteiger partial charge in [-0.25, -0.2) is 4.98 Å². The van der Waals surface area contributed by atoms with Crippen LogP contribution in [0.1, 0.15) is 20.9 Å². The van der Waals surface area contributed by atoms with Crippen molar-refractivity contribution in [1.82, 2.24) is 10.3 Å². The first kappa shape index (κ1) is 14.3. The first-order valence-electron chi connectivity index (χ1n) is 5.70. The summed E-state index contributed by atoms with van der Waals surface area (Å²) in [5.41, 5.74) is 3.26. The van der Waals surface area contributed by atoms with Crippen LogP contribution in [0.3, 0.4) is 0 Å². The molecular formula is C13H12Cl2N2OS. The molecule has 0 saturated carbocycles. The van der Waals surface area contributed by atoms with E-state index < -0.39 is 0 Å². The van der Waals surface area contributed by atoms with Crippen LogP contribution in [0.2, 0.25) is 10.0 Å². The Labute approximate surface area is 125 Å². The van der Waals surface area contributed by atoms with E-state index in [0.29, 0.717) is 22.2 Å². The van der Waals surface area contributed by atoms with Gasteiger partial charge in [-0.3, -0.25) is 4.79 Å². The molecular weight excluding hydrogens is 303 g/mol. The third kappa shape index (κ3) is 3.69. The van der Waals surface area contributed by atoms with Crippen molar-refractivity contribution in [3.63, 3.8) is 0 Å². The fourth-order valence-electron chi connectivity index (χ4n) is 1.62. The number of carbonyl (C=O) groups excluding carboxylic acids is 1. The summed E-state index contributed by atoms with van der Waals surface area (Å²) in [5, 5.41) is 3.71. The lowest BCUT2D eigenvalue weighted by Crippen LogP contribution is -2.25. The lowest BCUT2D eigenvalue weighted by atomic mass is 10.2. The Bertz CT molecular complexity index is 598. The van der Waals surface area contributed by atoms with Gasteiger partial charge in [-0.2, -0.15) is 0 Å². The molecule has 0 spiro atoms. The number of aryl methyl sites for hydroxylation is 1. The predicted octanol–water partition coefficient (Wildman–Crippen LogP) is 3.73. The first-order chi connectivity index (χ1) is 9.08. The second-order valence-electron chi connectivity index (χ2n) is 3.99. The van der Waals surface area contributed by atoms with Crippen LogP contribution in [0.4, 0.5) is 0 Å². The molecule has 1 aromatic carbocycles. The van der Waals surface area contributed by atoms with Crippen LogP contribution in [0, 0.1) is 6.92 Å². The highest BCUT2D eigenvalue weighted by molar-refractivity contribution is 7.09. The molecule has 1 N–H and O–H groups in total. The summed E-state index contributed by atoms with van der Waals surface area (Å²) in [6.07, 6.45) is 0.771. The number of halogens is 2. The molecule has 0 fully saturated rings. The van der Waals surface area contributed by atoms with Gasteiger partial charge < -0.3 is 5.32 Å². The van der Waals surface area contributed by atoms with E-state index in [9.17, 15) is 4.79 Å². The lowest BCUT2D eigenvalue weighted by Gasteiger charge is -2.06. The average molecular weight is 315 g/mol. The first-order valence-corrected chi connectivity index (χ1v) is 7.33. The number of carbonyl (C=O) groups is 1. The van der Waals surface area contributed by atoms with Gasteiger partial charge in [0.2, 0.25) is 0 Å². The Hall–Kier alpha value is -1.10. The van der Waals surface area contributed by atoms with Crippen molar-refractivity contribution in [2.75, 3.05) is 6.54 Å². The zero-order valence-corrected chi connectivity index (χ0v) is 12.6. The van der Waals surface area contributed by atoms with E-state index in [1.54, 1.807) is 29.5 Å². The minimum Gasteiger partial charge on any atom is -0.352 e. The van der Waals surface area contributed by atoms with Crippen molar-refractivity contribution in [3.8, 4) is 0 Å². The number of hydrogen-bond acceptors (Lipinski definition) is 3. The molecule has 0 aliphatic rings. The molecule has 6 heteroatoms. The summed E-state index contributed by atoms with van der Waals surface area (Å²) in [4.78, 5) is 17.3. The SMILES string of the molecule is Cc1ncsc1CCNC(=O)c1ccc(Cl)cc1Cl. The Morgan fingerprint density at radius 3 is 2.84 bits per heavy atom. The molecule has 3 nitrogen and oxygen atoms in total. The molecule has 19 heavy (non-hydrogen) atoms. The Morgan fingerprint density at radius 1 is 1.42 bits per heavy atom. The molecule has 0 saturated heterocycles. The number of aromatic nitrogens is 1. The molecule has 100 valence electrons. The van der Waals surface area contributed by atoms with Crippen LogP contribution in [0.15, 0.2) is 23.7 Å². The van der Waals surface area contributed by atoms with Crippen LogP contribution < -0.4 is 5.32 Å². The number of nitrogens with one attached hydrogen (secondary N) is 1. The second kappa shape index (κ2) is 6.37. The molecule has 0 radical (unpaired) electrons. The summed E-state index contributed by atoms with van der Waals surface area (Å²) in [7, 11) is 0. The van der Waals surface area contributed by atoms with E-state index in [2.05, 4.69) is 10.3 Å². The van der Waals surface area contributed by atoms with Crippen LogP contribution in [0.25, 0.3) is 0 Å². The van der Waals surface area contributed by atoms with E-state index in [1.807, 2.05) is 12.4 Å². The molecule has 1 aromatic heterocycles. The van der Waals surface area contributed by atoms with Crippen LogP contribution in [-0.4, -0.2) is 17.4 Å². The third-order valence-corrected chi connectivity index (χ3v) is 4.20. The van der Waals surface area contributed by atoms with Crippen LogP contribution in [0.5, 0.6) is 0 Å². The monoisotopic (exact) mass is 314 g/mol. The maximum absolute atomic E-state index is 11.9. The van der Waals surface area contributed by atoms with E-state index in [0.717, 1.165) is 12.1 Å². The second-order valence-corrected chi connectivity index (χ2v) is 5.77. The summed E-state index contributed by atoms with van der Waals surface area (Å²) in [6.45, 7) is 2.52. The molecule has 0 aliphatic carbocycles. The quantitative estimate of drug-likeness (QED) is 0.934. The summed E-state index contributed by atoms with van der Waals surface area (Å²) in [6, 6.07) is 4.83. The van der Waals surface area contributed by atoms with Gasteiger partial charge in [0.25, 0.3) is 5.91 Å². The minimum absolute atomic E-state index is 0.191. The van der Waals surface area contributed by atoms with Gasteiger partial charge >= 0.3 is 0 Å². The molecule has 0 unspecified atom stereocenters. The normalized spacial score (nSPS) is 10.5. The topological polar surface area (TPSA) is 42.0 Å². The predicted molar refractivity (Wildman–Crippen MR) is 79.4 cm³/mol. The summed E-state index contributed by atoms with van der Waals surface area (Å²) >= 11 is 13.4. The molecule has 0 bridgehead atoms. The van der Waals surface area contributed by atoms with Gasteiger partial charge in [0.1, 0.15) is 0 Å². The molecule has 1 heterocycles. The minimum atomic E-state index is -0.191. The smallest absolute Gasteiger partial charge is 0.252 e. The lowest BCUT2D eigenvalue weighted by molar-refractivity contribution is 0.0954. The van der Waals surface area contributed by atoms with Crippen molar-refractivity contribution in [2.45, 2.75) is 13.3 Å². The number of rotatable bonds is 4. The number of thiazole rings is 1. The summed E-state index contributed by atoms with van der Waals surface area (Å²) in [5.74, 6) is -0.191. The van der Waals surface area contributed by atoms with Crippen molar-refractivity contribution in [2.24, 2.45) is 0 Å². The third-order valence-electron chi connectivity index (χ3n) is 2.66. The van der Waals surface area contributed by atoms with Gasteiger partial charge in [0.05, 0.1) is 21.8 Å². The number of hydrogen-bond donors (Lipinski definition) is 1. The molecule has 0 aliphatic heterocycles. The van der Waals surface area contributed by atoms with Gasteiger partial charge in [-0.05, 0) is 25.1 Å². The average Bonchev–Trinajstić information content (AvgIpc) is 2.75. The zero-order valence-electron chi connectivity index (χ0n) is 10.2. The Balaban J connectivity index is 1.93. The van der Waals surface area contributed by atoms with Gasteiger partial charge in [-0.1, -0.05) is 23.2 Å². The van der Waals surface area contributed by atoms with Gasteiger partial charge in [0, 0.05) is 22.9 Å². The van der Waals surface area contributed by atoms with E-state index in [1.165, 1.54) is 4.88 Å². The maximum atomic E-state index is 11.9. The number of amides is 1. The Morgan fingerprint density at radius 2 is 2.21 bits per heavy atom. The van der Waals surface area contributed by atoms with Crippen molar-refractivity contribution in [3.05, 3.63) is 49.9 Å². The molecule has 2 rings (SSSR count). The van der Waals surface area contributed by atoms with Crippen LogP contribution >= 0.6 is 34.5 Å². The van der Waals surface area contributed by atoms with E-state index >= 15 is 0 Å². The van der Waals surface area contributed by atoms with Crippen molar-refractivity contribution < 1.29 is 4.79 Å². The van der Waals surface area contributed by atoms with Gasteiger partial charge in [-0.15, -0.1) is 11.3 Å². The molecule has 1 amide bonds. The molecule has 0 atom stereocenters. The standard InChI is InChI=1S/C13H12Cl2N2OS/c1-8-12(19-7-17-8)4-5-16-13(18)10-3-2-9(14)6-11(10)15/h2-3,6-7H,4-5H2,1H3,(H,16,18). The largest absolute Gasteiger partial charge is 0.352 e. The number of benzene rings is 1. The van der Waals surface area contributed by atoms with Crippen LogP contribution in [-0.2, 0) is 6.42 Å². The highest BCUT2D eigenvalue weighted by atomic mass is 35.5. The summed E-state index contributed by atoms with van der Waals surface area (Å²) < 4.78 is 0. The highest BCUT2D eigenvalue weighted by Gasteiger charge is 2.10. The van der Waals surface area contributed by atoms with Gasteiger partial charge in [0.15, 0.2) is 0 Å². The van der Waals surface area contributed by atoms with Crippen molar-refractivity contribution >= 4 is 40.4 Å². The number of nitrogens with zero attached hydrogens (tertiary/aromatic N) is 1. The fraction of sp³-hybridized carbons (Fsp3) is 0.231. The van der Waals surface area contributed by atoms with E-state index in [4.69, 9.17) is 23.2 Å². The van der Waals surface area contributed by atoms with Crippen molar-refractivity contribution in [1.29, 1.82) is 0 Å². The fourth-order valence-corrected chi connectivity index (χ4v) is 2.90. The zero-order chi connectivity index (χ0) is 13.8. The molecule has 2 aromatic rings. The Kier molecular flexibility index (Phi) is 4.80. The highest BCUT2D eigenvalue weighted by Crippen LogP contribution is 2.20. The van der Waals surface area contributed by atoms with E-state index in [-0.39, 0.29) is 5.91 Å².